The topological polar surface area (TPSA) is 78.5 Å². The van der Waals surface area contributed by atoms with Gasteiger partial charge in [0.1, 0.15) is 0 Å². The van der Waals surface area contributed by atoms with Crippen LogP contribution in [0.15, 0.2) is 48.5 Å². The van der Waals surface area contributed by atoms with Crippen molar-refractivity contribution in [1.29, 1.82) is 0 Å². The fraction of sp³-hybridized carbons (Fsp3) is 0.567. The number of nitrogens with one attached hydrogen (secondary N) is 1. The molecule has 0 bridgehead atoms. The molecule has 0 radical (unpaired) electrons. The van der Waals surface area contributed by atoms with Crippen molar-refractivity contribution in [2.75, 3.05) is 51.9 Å². The molecule has 8 heteroatoms. The van der Waals surface area contributed by atoms with Gasteiger partial charge in [-0.15, -0.1) is 0 Å². The molecule has 206 valence electrons. The van der Waals surface area contributed by atoms with Crippen LogP contribution >= 0.6 is 0 Å². The van der Waals surface area contributed by atoms with Gasteiger partial charge in [0.05, 0.1) is 45.6 Å². The number of anilines is 1. The summed E-state index contributed by atoms with van der Waals surface area (Å²) >= 11 is 0. The van der Waals surface area contributed by atoms with E-state index in [2.05, 4.69) is 10.2 Å². The van der Waals surface area contributed by atoms with E-state index in [0.717, 1.165) is 24.9 Å². The smallest absolute Gasteiger partial charge is 0.233 e. The molecule has 8 nitrogen and oxygen atoms in total. The predicted molar refractivity (Wildman–Crippen MR) is 144 cm³/mol. The Balaban J connectivity index is 1.21. The second-order valence-electron chi connectivity index (χ2n) is 10.4. The lowest BCUT2D eigenvalue weighted by Crippen LogP contribution is -2.51. The van der Waals surface area contributed by atoms with Crippen molar-refractivity contribution in [2.24, 2.45) is 5.92 Å². The average Bonchev–Trinajstić information content (AvgIpc) is 3.64. The van der Waals surface area contributed by atoms with E-state index in [1.807, 2.05) is 48.5 Å². The highest BCUT2D eigenvalue weighted by molar-refractivity contribution is 5.93. The van der Waals surface area contributed by atoms with Crippen LogP contribution < -0.4 is 14.8 Å². The number of methoxy groups -OCH3 is 1. The van der Waals surface area contributed by atoms with Gasteiger partial charge in [0.25, 0.3) is 0 Å². The summed E-state index contributed by atoms with van der Waals surface area (Å²) in [5.41, 5.74) is 1.78. The monoisotopic (exact) mass is 524 g/mol. The van der Waals surface area contributed by atoms with Crippen molar-refractivity contribution >= 4 is 11.6 Å². The first-order valence-corrected chi connectivity index (χ1v) is 13.9. The minimum absolute atomic E-state index is 0.0465. The van der Waals surface area contributed by atoms with Crippen molar-refractivity contribution in [3.8, 4) is 11.5 Å². The maximum atomic E-state index is 13.6. The lowest BCUT2D eigenvalue weighted by atomic mass is 9.80. The SMILES string of the molecule is COc1ccc(NC(=O)C2CC(OCc3ccccc3)CCC23OCCO3)cc1OCCCN1CCCC1. The molecule has 2 aromatic rings. The third-order valence-electron chi connectivity index (χ3n) is 7.77. The maximum absolute atomic E-state index is 13.6. The Hall–Kier alpha value is -2.65. The maximum Gasteiger partial charge on any atom is 0.233 e. The molecular formula is C30H40N2O6. The van der Waals surface area contributed by atoms with Gasteiger partial charge in [-0.1, -0.05) is 30.3 Å². The Kier molecular flexibility index (Phi) is 9.17. The first kappa shape index (κ1) is 26.9. The fourth-order valence-electron chi connectivity index (χ4n) is 5.73. The van der Waals surface area contributed by atoms with Crippen molar-refractivity contribution in [3.05, 3.63) is 54.1 Å². The van der Waals surface area contributed by atoms with Crippen molar-refractivity contribution in [3.63, 3.8) is 0 Å². The van der Waals surface area contributed by atoms with Gasteiger partial charge in [0, 0.05) is 24.7 Å². The highest BCUT2D eigenvalue weighted by Gasteiger charge is 2.52. The zero-order chi connectivity index (χ0) is 26.2. The Bertz CT molecular complexity index is 1040. The summed E-state index contributed by atoms with van der Waals surface area (Å²) in [6, 6.07) is 15.6. The van der Waals surface area contributed by atoms with Crippen molar-refractivity contribution < 1.29 is 28.5 Å². The van der Waals surface area contributed by atoms with Crippen molar-refractivity contribution in [1.82, 2.24) is 4.90 Å². The van der Waals surface area contributed by atoms with E-state index in [4.69, 9.17) is 23.7 Å². The third kappa shape index (κ3) is 6.67. The lowest BCUT2D eigenvalue weighted by molar-refractivity contribution is -0.224. The molecule has 2 aliphatic heterocycles. The van der Waals surface area contributed by atoms with Crippen LogP contribution in [-0.2, 0) is 25.6 Å². The van der Waals surface area contributed by atoms with E-state index in [1.165, 1.54) is 25.9 Å². The average molecular weight is 525 g/mol. The lowest BCUT2D eigenvalue weighted by Gasteiger charge is -2.41. The Morgan fingerprint density at radius 2 is 1.87 bits per heavy atom. The second-order valence-corrected chi connectivity index (χ2v) is 10.4. The molecule has 2 heterocycles. The molecule has 3 fully saturated rings. The molecule has 2 saturated heterocycles. The highest BCUT2D eigenvalue weighted by atomic mass is 16.7. The summed E-state index contributed by atoms with van der Waals surface area (Å²) in [6.07, 6.45) is 5.42. The van der Waals surface area contributed by atoms with E-state index in [1.54, 1.807) is 7.11 Å². The molecule has 1 N–H and O–H groups in total. The van der Waals surface area contributed by atoms with Crippen LogP contribution in [0.4, 0.5) is 5.69 Å². The summed E-state index contributed by atoms with van der Waals surface area (Å²) in [7, 11) is 1.63. The first-order valence-electron chi connectivity index (χ1n) is 13.9. The van der Waals surface area contributed by atoms with Crippen LogP contribution in [0.1, 0.15) is 44.1 Å². The Labute approximate surface area is 225 Å². The summed E-state index contributed by atoms with van der Waals surface area (Å²) in [6.45, 7) is 5.51. The zero-order valence-corrected chi connectivity index (χ0v) is 22.4. The number of hydrogen-bond donors (Lipinski definition) is 1. The fourth-order valence-corrected chi connectivity index (χ4v) is 5.73. The van der Waals surface area contributed by atoms with Crippen molar-refractivity contribution in [2.45, 2.75) is 57.0 Å². The molecule has 0 aromatic heterocycles. The third-order valence-corrected chi connectivity index (χ3v) is 7.77. The van der Waals surface area contributed by atoms with E-state index < -0.39 is 11.7 Å². The van der Waals surface area contributed by atoms with Crippen LogP contribution in [0.2, 0.25) is 0 Å². The van der Waals surface area contributed by atoms with E-state index in [9.17, 15) is 4.79 Å². The van der Waals surface area contributed by atoms with Crippen LogP contribution in [-0.4, -0.2) is 69.3 Å². The largest absolute Gasteiger partial charge is 0.493 e. The molecule has 3 aliphatic rings. The molecule has 5 rings (SSSR count). The van der Waals surface area contributed by atoms with Crippen LogP contribution in [0.5, 0.6) is 11.5 Å². The van der Waals surface area contributed by atoms with Gasteiger partial charge < -0.3 is 33.9 Å². The molecule has 2 unspecified atom stereocenters. The van der Waals surface area contributed by atoms with Crippen LogP contribution in [0.25, 0.3) is 0 Å². The van der Waals surface area contributed by atoms with E-state index in [0.29, 0.717) is 56.5 Å². The van der Waals surface area contributed by atoms with Gasteiger partial charge in [-0.05, 0) is 62.9 Å². The number of nitrogens with zero attached hydrogens (tertiary/aromatic N) is 1. The molecule has 2 aromatic carbocycles. The van der Waals surface area contributed by atoms with Gasteiger partial charge in [0.2, 0.25) is 5.91 Å². The number of likely N-dealkylation sites (tertiary alicyclic amines) is 1. The molecule has 1 amide bonds. The molecular weight excluding hydrogens is 484 g/mol. The van der Waals surface area contributed by atoms with Gasteiger partial charge in [0.15, 0.2) is 17.3 Å². The van der Waals surface area contributed by atoms with Gasteiger partial charge in [-0.25, -0.2) is 0 Å². The van der Waals surface area contributed by atoms with Gasteiger partial charge >= 0.3 is 0 Å². The van der Waals surface area contributed by atoms with Crippen LogP contribution in [0, 0.1) is 5.92 Å². The Morgan fingerprint density at radius 3 is 2.63 bits per heavy atom. The number of carbonyl (C=O) groups excluding carboxylic acids is 1. The number of rotatable bonds is 11. The predicted octanol–water partition coefficient (Wildman–Crippen LogP) is 4.63. The highest BCUT2D eigenvalue weighted by Crippen LogP contribution is 2.42. The minimum Gasteiger partial charge on any atom is -0.493 e. The summed E-state index contributed by atoms with van der Waals surface area (Å²) in [5, 5.41) is 3.09. The van der Waals surface area contributed by atoms with Gasteiger partial charge in [-0.2, -0.15) is 0 Å². The van der Waals surface area contributed by atoms with E-state index >= 15 is 0 Å². The number of ether oxygens (including phenoxy) is 5. The molecule has 1 saturated carbocycles. The zero-order valence-electron chi connectivity index (χ0n) is 22.4. The first-order chi connectivity index (χ1) is 18.6. The molecule has 1 spiro atoms. The normalized spacial score (nSPS) is 23.0. The summed E-state index contributed by atoms with van der Waals surface area (Å²) in [5.74, 6) is -0.230. The van der Waals surface area contributed by atoms with Gasteiger partial charge in [-0.3, -0.25) is 4.79 Å². The quantitative estimate of drug-likeness (QED) is 0.430. The number of carbonyl (C=O) groups is 1. The molecule has 1 aliphatic carbocycles. The van der Waals surface area contributed by atoms with Crippen LogP contribution in [0.3, 0.4) is 0 Å². The molecule has 38 heavy (non-hydrogen) atoms. The standard InChI is InChI=1S/C30H40N2O6/c1-34-27-11-10-24(20-28(27)35-17-7-16-32-14-5-6-15-32)31-29(33)26-21-25(12-13-30(26)37-18-19-38-30)36-22-23-8-3-2-4-9-23/h2-4,8-11,20,25-26H,5-7,12-19,21-22H2,1H3,(H,31,33). The van der Waals surface area contributed by atoms with E-state index in [-0.39, 0.29) is 12.0 Å². The Morgan fingerprint density at radius 1 is 1.08 bits per heavy atom. The summed E-state index contributed by atoms with van der Waals surface area (Å²) < 4.78 is 29.9. The molecule has 2 atom stereocenters. The number of benzene rings is 2. The minimum atomic E-state index is -0.891. The summed E-state index contributed by atoms with van der Waals surface area (Å²) in [4.78, 5) is 16.1. The number of hydrogen-bond acceptors (Lipinski definition) is 7. The second kappa shape index (κ2) is 12.9. The number of amides is 1.